The van der Waals surface area contributed by atoms with Gasteiger partial charge in [0.2, 0.25) is 0 Å². The van der Waals surface area contributed by atoms with Gasteiger partial charge in [-0.05, 0) is 38.1 Å². The molecule has 0 unspecified atom stereocenters. The molecular weight excluding hydrogens is 494 g/mol. The summed E-state index contributed by atoms with van der Waals surface area (Å²) in [5.41, 5.74) is 0.0366. The number of sulfonamides is 2. The number of nitro benzene ring substituents is 1. The second-order valence-electron chi connectivity index (χ2n) is 7.67. The molecule has 0 radical (unpaired) electrons. The predicted octanol–water partition coefficient (Wildman–Crippen LogP) is 3.76. The van der Waals surface area contributed by atoms with Gasteiger partial charge in [0.1, 0.15) is 11.2 Å². The highest BCUT2D eigenvalue weighted by atomic mass is 32.2. The number of anilines is 2. The zero-order chi connectivity index (χ0) is 25.4. The fraction of sp³-hybridized carbons (Fsp3) is 0.0909. The van der Waals surface area contributed by atoms with E-state index in [9.17, 15) is 26.9 Å². The number of non-ortho nitro benzene ring substituents is 1. The molecule has 0 atom stereocenters. The van der Waals surface area contributed by atoms with Crippen molar-refractivity contribution in [3.05, 3.63) is 88.2 Å². The molecule has 13 heteroatoms. The number of benzene rings is 3. The number of hydrogen-bond donors (Lipinski definition) is 2. The van der Waals surface area contributed by atoms with Crippen LogP contribution in [-0.2, 0) is 20.0 Å². The van der Waals surface area contributed by atoms with Crippen LogP contribution in [0.3, 0.4) is 0 Å². The summed E-state index contributed by atoms with van der Waals surface area (Å²) in [5.74, 6) is 0. The summed E-state index contributed by atoms with van der Waals surface area (Å²) < 4.78 is 57.0. The molecule has 3 aromatic carbocycles. The van der Waals surface area contributed by atoms with Crippen molar-refractivity contribution in [3.63, 3.8) is 0 Å². The standard InChI is InChI=1S/C22H19N5O6S2/c1-14-3-7-16(8-4-14)34(30,31)25-18-13-19(27(28)29)21-22(24-12-11-23-21)20(18)26-35(32,33)17-9-5-15(2)6-10-17/h3-13,25-26H,1-2H3. The van der Waals surface area contributed by atoms with E-state index >= 15 is 0 Å². The van der Waals surface area contributed by atoms with E-state index in [1.807, 2.05) is 0 Å². The van der Waals surface area contributed by atoms with Crippen molar-refractivity contribution < 1.29 is 21.8 Å². The first kappa shape index (κ1) is 24.0. The van der Waals surface area contributed by atoms with Crippen LogP contribution in [0.15, 0.2) is 76.8 Å². The molecular formula is C22H19N5O6S2. The fourth-order valence-corrected chi connectivity index (χ4v) is 5.42. The van der Waals surface area contributed by atoms with Gasteiger partial charge < -0.3 is 0 Å². The third-order valence-electron chi connectivity index (χ3n) is 5.07. The summed E-state index contributed by atoms with van der Waals surface area (Å²) in [4.78, 5) is 18.8. The van der Waals surface area contributed by atoms with Crippen molar-refractivity contribution >= 4 is 48.1 Å². The van der Waals surface area contributed by atoms with Crippen LogP contribution < -0.4 is 9.44 Å². The normalized spacial score (nSPS) is 11.8. The molecule has 4 aromatic rings. The lowest BCUT2D eigenvalue weighted by atomic mass is 10.2. The maximum absolute atomic E-state index is 13.1. The fourth-order valence-electron chi connectivity index (χ4n) is 3.27. The molecule has 1 heterocycles. The minimum atomic E-state index is -4.25. The van der Waals surface area contributed by atoms with Crippen LogP contribution in [-0.4, -0.2) is 31.7 Å². The third kappa shape index (κ3) is 4.90. The van der Waals surface area contributed by atoms with Crippen molar-refractivity contribution in [2.45, 2.75) is 23.6 Å². The third-order valence-corrected chi connectivity index (χ3v) is 7.82. The van der Waals surface area contributed by atoms with Gasteiger partial charge in [-0.15, -0.1) is 0 Å². The monoisotopic (exact) mass is 513 g/mol. The number of aromatic nitrogens is 2. The van der Waals surface area contributed by atoms with Crippen LogP contribution in [0, 0.1) is 24.0 Å². The Labute approximate surface area is 201 Å². The van der Waals surface area contributed by atoms with Gasteiger partial charge in [-0.1, -0.05) is 35.4 Å². The molecule has 0 spiro atoms. The zero-order valence-corrected chi connectivity index (χ0v) is 20.1. The lowest BCUT2D eigenvalue weighted by Crippen LogP contribution is -2.18. The summed E-state index contributed by atoms with van der Waals surface area (Å²) in [6, 6.07) is 12.8. The van der Waals surface area contributed by atoms with Crippen molar-refractivity contribution in [1.82, 2.24) is 9.97 Å². The topological polar surface area (TPSA) is 161 Å². The quantitative estimate of drug-likeness (QED) is 0.279. The molecule has 0 aliphatic rings. The average Bonchev–Trinajstić information content (AvgIpc) is 2.80. The van der Waals surface area contributed by atoms with Gasteiger partial charge in [-0.2, -0.15) is 0 Å². The molecule has 180 valence electrons. The number of rotatable bonds is 7. The summed E-state index contributed by atoms with van der Waals surface area (Å²) in [5, 5.41) is 11.7. The van der Waals surface area contributed by atoms with Crippen LogP contribution in [0.25, 0.3) is 11.0 Å². The molecule has 0 aliphatic heterocycles. The number of nitro groups is 1. The predicted molar refractivity (Wildman–Crippen MR) is 130 cm³/mol. The summed E-state index contributed by atoms with van der Waals surface area (Å²) in [6.07, 6.45) is 2.43. The van der Waals surface area contributed by atoms with Crippen molar-refractivity contribution in [1.29, 1.82) is 0 Å². The van der Waals surface area contributed by atoms with E-state index in [0.29, 0.717) is 0 Å². The second-order valence-corrected chi connectivity index (χ2v) is 11.0. The van der Waals surface area contributed by atoms with E-state index in [-0.39, 0.29) is 32.2 Å². The highest BCUT2D eigenvalue weighted by Gasteiger charge is 2.27. The van der Waals surface area contributed by atoms with Gasteiger partial charge in [-0.3, -0.25) is 24.5 Å². The summed E-state index contributed by atoms with van der Waals surface area (Å²) in [7, 11) is -8.47. The number of fused-ring (bicyclic) bond motifs is 1. The lowest BCUT2D eigenvalue weighted by Gasteiger charge is -2.16. The van der Waals surface area contributed by atoms with Crippen molar-refractivity contribution in [3.8, 4) is 0 Å². The highest BCUT2D eigenvalue weighted by molar-refractivity contribution is 7.93. The molecule has 0 saturated carbocycles. The number of nitrogens with zero attached hydrogens (tertiary/aromatic N) is 3. The Balaban J connectivity index is 1.92. The van der Waals surface area contributed by atoms with E-state index in [2.05, 4.69) is 19.4 Å². The first-order chi connectivity index (χ1) is 16.5. The zero-order valence-electron chi connectivity index (χ0n) is 18.5. The van der Waals surface area contributed by atoms with Crippen LogP contribution in [0.4, 0.5) is 17.1 Å². The average molecular weight is 514 g/mol. The Morgan fingerprint density at radius 1 is 0.743 bits per heavy atom. The van der Waals surface area contributed by atoms with Crippen LogP contribution in [0.2, 0.25) is 0 Å². The maximum Gasteiger partial charge on any atom is 0.299 e. The first-order valence-electron chi connectivity index (χ1n) is 10.1. The summed E-state index contributed by atoms with van der Waals surface area (Å²) >= 11 is 0. The van der Waals surface area contributed by atoms with Gasteiger partial charge in [0.25, 0.3) is 25.7 Å². The Hall–Kier alpha value is -4.10. The molecule has 4 rings (SSSR count). The van der Waals surface area contributed by atoms with Gasteiger partial charge in [0, 0.05) is 18.5 Å². The SMILES string of the molecule is Cc1ccc(S(=O)(=O)Nc2cc([N+](=O)[O-])c3nccnc3c2NS(=O)(=O)c2ccc(C)cc2)cc1. The van der Waals surface area contributed by atoms with E-state index in [1.165, 1.54) is 36.7 Å². The van der Waals surface area contributed by atoms with Gasteiger partial charge in [0.15, 0.2) is 5.52 Å². The van der Waals surface area contributed by atoms with E-state index in [4.69, 9.17) is 0 Å². The molecule has 0 fully saturated rings. The Morgan fingerprint density at radius 2 is 1.20 bits per heavy atom. The van der Waals surface area contributed by atoms with Gasteiger partial charge >= 0.3 is 0 Å². The Kier molecular flexibility index (Phi) is 6.13. The minimum Gasteiger partial charge on any atom is -0.277 e. The largest absolute Gasteiger partial charge is 0.299 e. The van der Waals surface area contributed by atoms with E-state index in [0.717, 1.165) is 17.2 Å². The molecule has 0 aliphatic carbocycles. The lowest BCUT2D eigenvalue weighted by molar-refractivity contribution is -0.383. The Morgan fingerprint density at radius 3 is 1.69 bits per heavy atom. The molecule has 0 saturated heterocycles. The first-order valence-corrected chi connectivity index (χ1v) is 13.1. The summed E-state index contributed by atoms with van der Waals surface area (Å²) in [6.45, 7) is 3.58. The van der Waals surface area contributed by atoms with Crippen LogP contribution >= 0.6 is 0 Å². The smallest absolute Gasteiger partial charge is 0.277 e. The van der Waals surface area contributed by atoms with E-state index in [1.54, 1.807) is 38.1 Å². The molecule has 11 nitrogen and oxygen atoms in total. The Bertz CT molecular complexity index is 1650. The minimum absolute atomic E-state index is 0.0918. The molecule has 1 aromatic heterocycles. The highest BCUT2D eigenvalue weighted by Crippen LogP contribution is 2.38. The molecule has 2 N–H and O–H groups in total. The molecule has 0 amide bonds. The van der Waals surface area contributed by atoms with Crippen LogP contribution in [0.1, 0.15) is 11.1 Å². The number of nitrogens with one attached hydrogen (secondary N) is 2. The van der Waals surface area contributed by atoms with Crippen molar-refractivity contribution in [2.24, 2.45) is 0 Å². The molecule has 0 bridgehead atoms. The number of hydrogen-bond acceptors (Lipinski definition) is 8. The maximum atomic E-state index is 13.1. The second kappa shape index (κ2) is 8.92. The van der Waals surface area contributed by atoms with Gasteiger partial charge in [-0.25, -0.2) is 21.8 Å². The number of aryl methyl sites for hydroxylation is 2. The van der Waals surface area contributed by atoms with Crippen LogP contribution in [0.5, 0.6) is 0 Å². The van der Waals surface area contributed by atoms with Crippen molar-refractivity contribution in [2.75, 3.05) is 9.44 Å². The molecule has 35 heavy (non-hydrogen) atoms. The van der Waals surface area contributed by atoms with Gasteiger partial charge in [0.05, 0.1) is 20.4 Å². The van der Waals surface area contributed by atoms with E-state index < -0.39 is 30.7 Å².